The van der Waals surface area contributed by atoms with Crippen molar-refractivity contribution in [3.8, 4) is 17.2 Å². The molecule has 0 unspecified atom stereocenters. The van der Waals surface area contributed by atoms with E-state index in [0.717, 1.165) is 47.1 Å². The first-order chi connectivity index (χ1) is 39.5. The highest BCUT2D eigenvalue weighted by Gasteiger charge is 2.48. The average molecular weight is 1190 g/mol. The van der Waals surface area contributed by atoms with Gasteiger partial charge in [0.1, 0.15) is 17.2 Å². The average Bonchev–Trinajstić information content (AvgIpc) is 1.47. The number of benzene rings is 3. The number of nitrogens with zero attached hydrogens (tertiary/aromatic N) is 3. The molecule has 480 valence electrons. The number of hydroxylamine groups is 6. The number of rotatable bonds is 18. The first kappa shape index (κ1) is 72.9. The predicted molar refractivity (Wildman–Crippen MR) is 346 cm³/mol. The van der Waals surface area contributed by atoms with Gasteiger partial charge in [0.05, 0.1) is 17.8 Å². The van der Waals surface area contributed by atoms with Gasteiger partial charge >= 0.3 is 0 Å². The van der Waals surface area contributed by atoms with Crippen molar-refractivity contribution in [2.24, 2.45) is 35.5 Å². The fourth-order valence-electron chi connectivity index (χ4n) is 13.3. The lowest BCUT2D eigenvalue weighted by atomic mass is 9.78. The molecular weight excluding hydrogens is 1080 g/mol. The molecule has 3 saturated heterocycles. The van der Waals surface area contributed by atoms with Gasteiger partial charge in [0.2, 0.25) is 17.7 Å². The third-order valence-electron chi connectivity index (χ3n) is 17.8. The van der Waals surface area contributed by atoms with Crippen LogP contribution < -0.4 is 16.0 Å². The number of phenolic OH excluding ortho intramolecular Hbond substituents is 3. The van der Waals surface area contributed by atoms with Gasteiger partial charge in [0.15, 0.2) is 0 Å². The zero-order valence-electron chi connectivity index (χ0n) is 56.0. The molecule has 3 heterocycles. The zero-order chi connectivity index (χ0) is 65.1. The van der Waals surface area contributed by atoms with E-state index in [1.54, 1.807) is 36.4 Å². The highest BCUT2D eigenvalue weighted by atomic mass is 16.5. The highest BCUT2D eigenvalue weighted by molar-refractivity contribution is 5.82. The van der Waals surface area contributed by atoms with E-state index in [4.69, 9.17) is 0 Å². The van der Waals surface area contributed by atoms with Gasteiger partial charge in [-0.15, -0.1) is 0 Å². The fourth-order valence-corrected chi connectivity index (χ4v) is 13.3. The van der Waals surface area contributed by atoms with Gasteiger partial charge in [0, 0.05) is 51.4 Å². The van der Waals surface area contributed by atoms with E-state index in [2.05, 4.69) is 54.9 Å². The predicted octanol–water partition coefficient (Wildman–Crippen LogP) is 13.7. The van der Waals surface area contributed by atoms with Crippen molar-refractivity contribution in [1.29, 1.82) is 0 Å². The second kappa shape index (κ2) is 30.1. The van der Waals surface area contributed by atoms with Gasteiger partial charge in [-0.2, -0.15) is 15.2 Å². The number of hydrogen-bond donors (Lipinski definition) is 9. The van der Waals surface area contributed by atoms with Crippen molar-refractivity contribution in [3.05, 3.63) is 125 Å². The number of hydrogen-bond acceptors (Lipinski definition) is 12. The lowest BCUT2D eigenvalue weighted by Gasteiger charge is -2.51. The second-order valence-electron chi connectivity index (χ2n) is 29.6. The molecule has 15 nitrogen and oxygen atoms in total. The van der Waals surface area contributed by atoms with E-state index >= 15 is 0 Å². The summed E-state index contributed by atoms with van der Waals surface area (Å²) in [5.41, 5.74) is 3.33. The van der Waals surface area contributed by atoms with Crippen LogP contribution in [0, 0.1) is 35.5 Å². The Hall–Kier alpha value is -5.55. The molecule has 6 rings (SSSR count). The number of amides is 3. The fraction of sp³-hybridized carbons (Fsp3) is 0.620. The number of piperidine rings is 3. The minimum absolute atomic E-state index is 0.0241. The Morgan fingerprint density at radius 3 is 0.907 bits per heavy atom. The topological polar surface area (TPSA) is 218 Å². The maximum atomic E-state index is 12.9. The van der Waals surface area contributed by atoms with E-state index in [0.29, 0.717) is 56.3 Å². The Kier molecular flexibility index (Phi) is 25.5. The van der Waals surface area contributed by atoms with E-state index in [1.807, 2.05) is 160 Å². The van der Waals surface area contributed by atoms with Crippen LogP contribution in [-0.2, 0) is 33.6 Å². The molecule has 86 heavy (non-hydrogen) atoms. The Bertz CT molecular complexity index is 2580. The van der Waals surface area contributed by atoms with Gasteiger partial charge in [-0.05, 0) is 239 Å². The number of carbonyl (C=O) groups excluding carboxylic acids is 3. The van der Waals surface area contributed by atoms with E-state index in [9.17, 15) is 45.3 Å². The molecule has 0 radical (unpaired) electrons. The Morgan fingerprint density at radius 1 is 0.419 bits per heavy atom. The highest BCUT2D eigenvalue weighted by Crippen LogP contribution is 2.39. The summed E-state index contributed by atoms with van der Waals surface area (Å²) in [6, 6.07) is 21.9. The van der Waals surface area contributed by atoms with Crippen LogP contribution in [0.15, 0.2) is 108 Å². The summed E-state index contributed by atoms with van der Waals surface area (Å²) in [7, 11) is 0. The van der Waals surface area contributed by atoms with Gasteiger partial charge in [-0.3, -0.25) is 14.4 Å². The Balaban J connectivity index is 0.000000276. The van der Waals surface area contributed by atoms with Crippen molar-refractivity contribution in [2.75, 3.05) is 0 Å². The van der Waals surface area contributed by atoms with Crippen molar-refractivity contribution in [2.45, 2.75) is 248 Å². The van der Waals surface area contributed by atoms with Gasteiger partial charge in [-0.25, -0.2) is 0 Å². The molecule has 3 amide bonds. The van der Waals surface area contributed by atoms with Crippen LogP contribution in [0.3, 0.4) is 0 Å². The van der Waals surface area contributed by atoms with Crippen LogP contribution in [0.5, 0.6) is 17.2 Å². The SMILES string of the molecule is C/C(=C\[C@@H](C)Cc1ccc(O)cc1)[C@H](C)C(=O)NC1CC(C)(C)N(O)C(C)(C)C1.C/C(=C\[C@H](C)Cc1ccc(O)cc1)[C@H](C)C(=O)NC1CC(C)(C)N(O)C(C)(C)C1.C[C@H](/C=C/[C@H](C)C(=O)NC1CC(C)(C)N(O)C(C)(C)C1)Cc1ccc(O)cc1. The number of aromatic hydroxyl groups is 3. The molecule has 3 aromatic rings. The van der Waals surface area contributed by atoms with Crippen LogP contribution in [0.2, 0.25) is 0 Å². The maximum Gasteiger partial charge on any atom is 0.227 e. The Labute approximate surface area is 517 Å². The van der Waals surface area contributed by atoms with Gasteiger partial charge in [-0.1, -0.05) is 99.5 Å². The maximum absolute atomic E-state index is 12.9. The number of phenols is 3. The van der Waals surface area contributed by atoms with E-state index in [1.165, 1.54) is 15.2 Å². The zero-order valence-corrected chi connectivity index (χ0v) is 56.0. The molecule has 0 saturated carbocycles. The summed E-state index contributed by atoms with van der Waals surface area (Å²) < 4.78 is 0. The lowest BCUT2D eigenvalue weighted by molar-refractivity contribution is -0.246. The first-order valence-electron chi connectivity index (χ1n) is 31.3. The molecule has 6 atom stereocenters. The molecular formula is C71H112N6O9. The summed E-state index contributed by atoms with van der Waals surface area (Å²) in [6.07, 6.45) is 15.3. The molecule has 0 aliphatic carbocycles. The smallest absolute Gasteiger partial charge is 0.227 e. The first-order valence-corrected chi connectivity index (χ1v) is 31.3. The van der Waals surface area contributed by atoms with Crippen molar-refractivity contribution < 1.29 is 45.3 Å². The van der Waals surface area contributed by atoms with Crippen LogP contribution in [-0.4, -0.2) is 115 Å². The van der Waals surface area contributed by atoms with Gasteiger partial charge in [0.25, 0.3) is 0 Å². The van der Waals surface area contributed by atoms with Crippen LogP contribution in [0.25, 0.3) is 0 Å². The third kappa shape index (κ3) is 21.6. The largest absolute Gasteiger partial charge is 0.508 e. The normalized spacial score (nSPS) is 22.1. The van der Waals surface area contributed by atoms with E-state index < -0.39 is 0 Å². The van der Waals surface area contributed by atoms with Crippen LogP contribution in [0.1, 0.15) is 194 Å². The molecule has 3 aliphatic heterocycles. The van der Waals surface area contributed by atoms with Crippen molar-refractivity contribution >= 4 is 17.7 Å². The Morgan fingerprint density at radius 2 is 0.651 bits per heavy atom. The summed E-state index contributed by atoms with van der Waals surface area (Å²) in [6.45, 7) is 40.3. The number of nitrogens with one attached hydrogen (secondary N) is 3. The molecule has 15 heteroatoms. The van der Waals surface area contributed by atoms with Crippen LogP contribution >= 0.6 is 0 Å². The standard InChI is InChI=1S/2C24H38N2O3.C23H36N2O3/c2*1-16(13-19-8-10-21(27)11-9-19)12-17(2)18(3)22(28)25-20-14-23(4,5)26(29)24(6,7)15-20;1-16(13-18-9-11-20(26)12-10-18)7-8-17(2)21(27)24-19-14-22(3,4)25(28)23(5,6)15-19/h2*8-12,16,18,20,27,29H,13-15H2,1-7H3,(H,25,28);7-12,16-17,19,26,28H,13-15H2,1-6H3,(H,24,27)/b2*17-12+;8-7+/t16-,18+;16-,18-;16-,17+/m101/s1. The molecule has 0 bridgehead atoms. The molecule has 0 aromatic heterocycles. The molecule has 3 fully saturated rings. The summed E-state index contributed by atoms with van der Waals surface area (Å²) >= 11 is 0. The summed E-state index contributed by atoms with van der Waals surface area (Å²) in [4.78, 5) is 38.4. The molecule has 3 aromatic carbocycles. The van der Waals surface area contributed by atoms with Crippen LogP contribution in [0.4, 0.5) is 0 Å². The lowest BCUT2D eigenvalue weighted by Crippen LogP contribution is -2.63. The third-order valence-corrected chi connectivity index (χ3v) is 17.8. The number of carbonyl (C=O) groups is 3. The second-order valence-corrected chi connectivity index (χ2v) is 29.6. The molecule has 0 spiro atoms. The molecule has 3 aliphatic rings. The van der Waals surface area contributed by atoms with Crippen molar-refractivity contribution in [1.82, 2.24) is 31.1 Å². The quantitative estimate of drug-likeness (QED) is 0.0544. The van der Waals surface area contributed by atoms with E-state index in [-0.39, 0.29) is 104 Å². The molecule has 9 N–H and O–H groups in total. The van der Waals surface area contributed by atoms with Crippen molar-refractivity contribution in [3.63, 3.8) is 0 Å². The monoisotopic (exact) mass is 1190 g/mol. The summed E-state index contributed by atoms with van der Waals surface area (Å²) in [5.74, 6) is 1.22. The minimum atomic E-state index is -0.382. The minimum Gasteiger partial charge on any atom is -0.508 e. The van der Waals surface area contributed by atoms with Gasteiger partial charge < -0.3 is 46.9 Å². The number of allylic oxidation sites excluding steroid dienone is 3. The summed E-state index contributed by atoms with van der Waals surface area (Å²) in [5, 5.41) is 73.4.